The summed E-state index contributed by atoms with van der Waals surface area (Å²) in [6, 6.07) is 0.699. The zero-order valence-corrected chi connectivity index (χ0v) is 10.7. The predicted molar refractivity (Wildman–Crippen MR) is 67.6 cm³/mol. The normalized spacial score (nSPS) is 34.7. The van der Waals surface area contributed by atoms with Gasteiger partial charge >= 0.3 is 0 Å². The second kappa shape index (κ2) is 4.30. The van der Waals surface area contributed by atoms with Gasteiger partial charge in [0.15, 0.2) is 0 Å². The Balaban J connectivity index is 1.63. The number of piperazine rings is 1. The Morgan fingerprint density at radius 2 is 2.00 bits per heavy atom. The van der Waals surface area contributed by atoms with E-state index in [9.17, 15) is 0 Å². The fraction of sp³-hybridized carbons (Fsp3) is 1.00. The minimum absolute atomic E-state index is 0.557. The zero-order chi connectivity index (χ0) is 11.0. The summed E-state index contributed by atoms with van der Waals surface area (Å²) in [6.07, 6.45) is 10.3. The largest absolute Gasteiger partial charge is 0.311 e. The van der Waals surface area contributed by atoms with Crippen molar-refractivity contribution in [2.45, 2.75) is 63.5 Å². The molecule has 1 saturated heterocycles. The molecule has 1 aliphatic heterocycles. The average molecular weight is 222 g/mol. The first-order valence-corrected chi connectivity index (χ1v) is 7.27. The van der Waals surface area contributed by atoms with Crippen LogP contribution in [-0.4, -0.2) is 36.1 Å². The lowest BCUT2D eigenvalue weighted by Crippen LogP contribution is -2.63. The molecular formula is C14H26N2. The molecule has 2 aliphatic carbocycles. The van der Waals surface area contributed by atoms with Crippen LogP contribution in [-0.2, 0) is 0 Å². The van der Waals surface area contributed by atoms with Crippen molar-refractivity contribution in [3.8, 4) is 0 Å². The maximum atomic E-state index is 3.71. The highest BCUT2D eigenvalue weighted by molar-refractivity contribution is 5.01. The number of hydrogen-bond acceptors (Lipinski definition) is 2. The topological polar surface area (TPSA) is 15.3 Å². The van der Waals surface area contributed by atoms with E-state index in [4.69, 9.17) is 0 Å². The van der Waals surface area contributed by atoms with Crippen molar-refractivity contribution in [3.63, 3.8) is 0 Å². The van der Waals surface area contributed by atoms with E-state index in [0.717, 1.165) is 5.92 Å². The maximum Gasteiger partial charge on any atom is 0.0334 e. The fourth-order valence-electron chi connectivity index (χ4n) is 3.66. The third-order valence-electron chi connectivity index (χ3n) is 4.98. The Morgan fingerprint density at radius 1 is 1.25 bits per heavy atom. The molecule has 2 heteroatoms. The fourth-order valence-corrected chi connectivity index (χ4v) is 3.66. The van der Waals surface area contributed by atoms with Gasteiger partial charge in [0.25, 0.3) is 0 Å². The molecule has 92 valence electrons. The van der Waals surface area contributed by atoms with Gasteiger partial charge in [-0.1, -0.05) is 25.7 Å². The van der Waals surface area contributed by atoms with Gasteiger partial charge in [0.2, 0.25) is 0 Å². The van der Waals surface area contributed by atoms with Crippen molar-refractivity contribution in [1.82, 2.24) is 10.2 Å². The van der Waals surface area contributed by atoms with Crippen LogP contribution in [0.5, 0.6) is 0 Å². The smallest absolute Gasteiger partial charge is 0.0334 e. The summed E-state index contributed by atoms with van der Waals surface area (Å²) in [6.45, 7) is 6.24. The van der Waals surface area contributed by atoms with Crippen LogP contribution in [0.3, 0.4) is 0 Å². The first kappa shape index (κ1) is 11.0. The first-order chi connectivity index (χ1) is 7.78. The van der Waals surface area contributed by atoms with Crippen LogP contribution < -0.4 is 5.32 Å². The van der Waals surface area contributed by atoms with E-state index in [0.29, 0.717) is 11.6 Å². The van der Waals surface area contributed by atoms with Crippen molar-refractivity contribution in [3.05, 3.63) is 0 Å². The minimum atomic E-state index is 0.557. The molecule has 16 heavy (non-hydrogen) atoms. The number of rotatable bonds is 3. The van der Waals surface area contributed by atoms with Crippen LogP contribution in [0.1, 0.15) is 51.9 Å². The highest BCUT2D eigenvalue weighted by Gasteiger charge is 2.42. The monoisotopic (exact) mass is 222 g/mol. The van der Waals surface area contributed by atoms with Gasteiger partial charge in [-0.2, -0.15) is 0 Å². The molecule has 1 heterocycles. The van der Waals surface area contributed by atoms with E-state index in [-0.39, 0.29) is 0 Å². The molecule has 1 unspecified atom stereocenters. The van der Waals surface area contributed by atoms with E-state index in [1.54, 1.807) is 0 Å². The lowest BCUT2D eigenvalue weighted by Gasteiger charge is -2.48. The van der Waals surface area contributed by atoms with Gasteiger partial charge in [-0.25, -0.2) is 0 Å². The van der Waals surface area contributed by atoms with Crippen molar-refractivity contribution in [2.24, 2.45) is 5.92 Å². The molecule has 3 aliphatic rings. The first-order valence-electron chi connectivity index (χ1n) is 7.27. The lowest BCUT2D eigenvalue weighted by atomic mass is 9.91. The molecule has 0 aromatic rings. The summed E-state index contributed by atoms with van der Waals surface area (Å²) in [4.78, 5) is 2.85. The molecule has 2 nitrogen and oxygen atoms in total. The summed E-state index contributed by atoms with van der Waals surface area (Å²) in [5, 5.41) is 3.71. The van der Waals surface area contributed by atoms with Gasteiger partial charge in [0.1, 0.15) is 0 Å². The quantitative estimate of drug-likeness (QED) is 0.789. The molecule has 3 rings (SSSR count). The second-order valence-corrected chi connectivity index (χ2v) is 6.39. The van der Waals surface area contributed by atoms with Crippen LogP contribution in [0.25, 0.3) is 0 Å². The molecule has 0 aromatic heterocycles. The molecule has 1 atom stereocenters. The molecule has 1 spiro atoms. The molecule has 1 N–H and O–H groups in total. The van der Waals surface area contributed by atoms with Crippen LogP contribution in [0.2, 0.25) is 0 Å². The Morgan fingerprint density at radius 3 is 2.69 bits per heavy atom. The second-order valence-electron chi connectivity index (χ2n) is 6.39. The van der Waals surface area contributed by atoms with Crippen molar-refractivity contribution < 1.29 is 0 Å². The maximum absolute atomic E-state index is 3.71. The Bertz CT molecular complexity index is 241. The van der Waals surface area contributed by atoms with Gasteiger partial charge in [-0.3, -0.25) is 4.90 Å². The molecule has 0 aromatic carbocycles. The van der Waals surface area contributed by atoms with Gasteiger partial charge in [-0.05, 0) is 38.6 Å². The third kappa shape index (κ3) is 2.14. The zero-order valence-electron chi connectivity index (χ0n) is 10.7. The van der Waals surface area contributed by atoms with Gasteiger partial charge in [0, 0.05) is 24.7 Å². The third-order valence-corrected chi connectivity index (χ3v) is 4.98. The highest BCUT2D eigenvalue weighted by Crippen LogP contribution is 2.39. The summed E-state index contributed by atoms with van der Waals surface area (Å²) in [7, 11) is 0. The summed E-state index contributed by atoms with van der Waals surface area (Å²) in [5.74, 6) is 1.09. The SMILES string of the molecule is CC1CN(CCC2CC2)C2(CCCC2)CN1. The molecule has 0 bridgehead atoms. The molecule has 0 radical (unpaired) electrons. The molecule has 2 saturated carbocycles. The van der Waals surface area contributed by atoms with Crippen LogP contribution >= 0.6 is 0 Å². The van der Waals surface area contributed by atoms with Crippen molar-refractivity contribution in [2.75, 3.05) is 19.6 Å². The van der Waals surface area contributed by atoms with E-state index in [2.05, 4.69) is 17.1 Å². The summed E-state index contributed by atoms with van der Waals surface area (Å²) >= 11 is 0. The number of nitrogens with zero attached hydrogens (tertiary/aromatic N) is 1. The van der Waals surface area contributed by atoms with E-state index < -0.39 is 0 Å². The van der Waals surface area contributed by atoms with E-state index >= 15 is 0 Å². The van der Waals surface area contributed by atoms with Gasteiger partial charge in [-0.15, -0.1) is 0 Å². The van der Waals surface area contributed by atoms with Crippen molar-refractivity contribution in [1.29, 1.82) is 0 Å². The Kier molecular flexibility index (Phi) is 2.97. The summed E-state index contributed by atoms with van der Waals surface area (Å²) < 4.78 is 0. The van der Waals surface area contributed by atoms with Crippen LogP contribution in [0.15, 0.2) is 0 Å². The summed E-state index contributed by atoms with van der Waals surface area (Å²) in [5.41, 5.74) is 0.557. The molecule has 0 amide bonds. The van der Waals surface area contributed by atoms with Crippen molar-refractivity contribution >= 4 is 0 Å². The van der Waals surface area contributed by atoms with E-state index in [1.165, 1.54) is 64.6 Å². The minimum Gasteiger partial charge on any atom is -0.311 e. The average Bonchev–Trinajstić information content (AvgIpc) is 2.99. The highest BCUT2D eigenvalue weighted by atomic mass is 15.3. The number of nitrogens with one attached hydrogen (secondary N) is 1. The number of hydrogen-bond donors (Lipinski definition) is 1. The Hall–Kier alpha value is -0.0800. The van der Waals surface area contributed by atoms with Gasteiger partial charge in [0.05, 0.1) is 0 Å². The predicted octanol–water partition coefficient (Wildman–Crippen LogP) is 2.39. The van der Waals surface area contributed by atoms with E-state index in [1.807, 2.05) is 0 Å². The molecular weight excluding hydrogens is 196 g/mol. The van der Waals surface area contributed by atoms with Crippen LogP contribution in [0.4, 0.5) is 0 Å². The molecule has 3 fully saturated rings. The van der Waals surface area contributed by atoms with Crippen LogP contribution in [0, 0.1) is 5.92 Å². The Labute approximate surface area is 99.8 Å². The standard InChI is InChI=1S/C14H26N2/c1-12-10-16(9-6-13-4-5-13)14(11-15-12)7-2-3-8-14/h12-13,15H,2-11H2,1H3. The lowest BCUT2D eigenvalue weighted by molar-refractivity contribution is 0.0443. The van der Waals surface area contributed by atoms with Gasteiger partial charge < -0.3 is 5.32 Å².